The zero-order valence-corrected chi connectivity index (χ0v) is 23.2. The molecule has 0 atom stereocenters. The summed E-state index contributed by atoms with van der Waals surface area (Å²) >= 11 is 0. The lowest BCUT2D eigenvalue weighted by molar-refractivity contribution is -0.246. The fourth-order valence-electron chi connectivity index (χ4n) is 4.86. The summed E-state index contributed by atoms with van der Waals surface area (Å²) in [5.41, 5.74) is -2.24. The number of hydrogen-bond acceptors (Lipinski definition) is 10. The van der Waals surface area contributed by atoms with E-state index in [4.69, 9.17) is 27.8 Å². The van der Waals surface area contributed by atoms with Crippen LogP contribution in [0.4, 0.5) is 0 Å². The van der Waals surface area contributed by atoms with Gasteiger partial charge in [-0.1, -0.05) is 41.0 Å². The van der Waals surface area contributed by atoms with E-state index in [1.54, 1.807) is 48.5 Å². The van der Waals surface area contributed by atoms with Gasteiger partial charge in [0, 0.05) is 10.8 Å². The second-order valence-corrected chi connectivity index (χ2v) is 11.5. The first kappa shape index (κ1) is 29.0. The van der Waals surface area contributed by atoms with Crippen LogP contribution in [0.1, 0.15) is 110 Å². The number of ether oxygens (including phenoxy) is 4. The molecule has 0 aliphatic heterocycles. The first-order valence-electron chi connectivity index (χ1n) is 12.6. The fraction of sp³-hybridized carbons (Fsp3) is 0.571. The van der Waals surface area contributed by atoms with Crippen molar-refractivity contribution in [2.24, 2.45) is 10.8 Å². The van der Waals surface area contributed by atoms with Gasteiger partial charge in [0.15, 0.2) is 0 Å². The Bertz CT molecular complexity index is 1170. The molecule has 1 fully saturated rings. The summed E-state index contributed by atoms with van der Waals surface area (Å²) in [6, 6.07) is 5.42. The maximum atomic E-state index is 12.8. The Morgan fingerprint density at radius 2 is 1.13 bits per heavy atom. The van der Waals surface area contributed by atoms with Crippen LogP contribution in [-0.2, 0) is 18.9 Å². The molecule has 2 aromatic rings. The highest BCUT2D eigenvalue weighted by atomic mass is 16.6. The van der Waals surface area contributed by atoms with Gasteiger partial charge in [-0.25, -0.2) is 19.2 Å². The Morgan fingerprint density at radius 3 is 1.53 bits per heavy atom. The van der Waals surface area contributed by atoms with E-state index >= 15 is 0 Å². The number of esters is 4. The van der Waals surface area contributed by atoms with Gasteiger partial charge in [0.05, 0.1) is 6.61 Å². The number of hydrogen-bond donors (Lipinski definition) is 0. The van der Waals surface area contributed by atoms with Crippen molar-refractivity contribution in [2.75, 3.05) is 6.61 Å². The first-order valence-corrected chi connectivity index (χ1v) is 12.6. The Hall–Kier alpha value is -3.56. The van der Waals surface area contributed by atoms with Crippen molar-refractivity contribution in [1.82, 2.24) is 0 Å². The van der Waals surface area contributed by atoms with Gasteiger partial charge in [0.1, 0.15) is 17.8 Å². The quantitative estimate of drug-likeness (QED) is 0.228. The Labute approximate surface area is 221 Å². The molecule has 2 aromatic heterocycles. The highest BCUT2D eigenvalue weighted by Gasteiger charge is 2.66. The van der Waals surface area contributed by atoms with Crippen molar-refractivity contribution in [3.63, 3.8) is 0 Å². The Morgan fingerprint density at radius 1 is 0.737 bits per heavy atom. The molecular weight excluding hydrogens is 496 g/mol. The van der Waals surface area contributed by atoms with Gasteiger partial charge < -0.3 is 27.8 Å². The predicted molar refractivity (Wildman–Crippen MR) is 134 cm³/mol. The van der Waals surface area contributed by atoms with Crippen LogP contribution in [0, 0.1) is 10.8 Å². The number of rotatable bonds is 9. The van der Waals surface area contributed by atoms with Crippen molar-refractivity contribution in [1.29, 1.82) is 0 Å². The molecule has 0 radical (unpaired) electrons. The molecule has 10 nitrogen and oxygen atoms in total. The lowest BCUT2D eigenvalue weighted by Crippen LogP contribution is -2.69. The van der Waals surface area contributed by atoms with Crippen molar-refractivity contribution in [3.8, 4) is 0 Å². The van der Waals surface area contributed by atoms with E-state index in [0.717, 1.165) is 12.8 Å². The molecule has 0 spiro atoms. The average Bonchev–Trinajstić information content (AvgIpc) is 3.50. The molecule has 0 unspecified atom stereocenters. The summed E-state index contributed by atoms with van der Waals surface area (Å²) in [5.74, 6) is -3.33. The van der Waals surface area contributed by atoms with Crippen LogP contribution in [0.3, 0.4) is 0 Å². The highest BCUT2D eigenvalue weighted by molar-refractivity contribution is 5.92. The van der Waals surface area contributed by atoms with Crippen LogP contribution in [0.25, 0.3) is 0 Å². The zero-order valence-electron chi connectivity index (χ0n) is 23.2. The number of furan rings is 2. The minimum absolute atomic E-state index is 0.0869. The predicted octanol–water partition coefficient (Wildman–Crippen LogP) is 5.60. The van der Waals surface area contributed by atoms with Crippen LogP contribution < -0.4 is 0 Å². The lowest BCUT2D eigenvalue weighted by Gasteiger charge is -2.61. The molecule has 1 saturated carbocycles. The number of carbonyl (C=O) groups is 4. The van der Waals surface area contributed by atoms with Crippen molar-refractivity contribution in [2.45, 2.75) is 86.0 Å². The van der Waals surface area contributed by atoms with Gasteiger partial charge in [-0.2, -0.15) is 0 Å². The van der Waals surface area contributed by atoms with E-state index < -0.39 is 52.5 Å². The smallest absolute Gasteiger partial charge is 0.374 e. The molecule has 208 valence electrons. The van der Waals surface area contributed by atoms with Gasteiger partial charge in [0.25, 0.3) is 0 Å². The lowest BCUT2D eigenvalue weighted by atomic mass is 9.51. The number of carbonyl (C=O) groups excluding carboxylic acids is 4. The molecule has 0 saturated heterocycles. The maximum Gasteiger partial charge on any atom is 0.374 e. The summed E-state index contributed by atoms with van der Waals surface area (Å²) in [6.07, 6.45) is 0.320. The SMILES string of the molecule is CCCCOC(=O)c1ccc(C(=O)OC2C(C)(C)C(OC(=O)c3ccc(C(=O)OC(C)(C)C)o3)C2(C)C)o1. The molecule has 0 aromatic carbocycles. The molecular formula is C28H36O10. The molecule has 3 rings (SSSR count). The van der Waals surface area contributed by atoms with E-state index in [9.17, 15) is 19.2 Å². The van der Waals surface area contributed by atoms with E-state index in [2.05, 4.69) is 0 Å². The average molecular weight is 533 g/mol. The Balaban J connectivity index is 1.63. The van der Waals surface area contributed by atoms with Crippen LogP contribution in [-0.4, -0.2) is 48.3 Å². The summed E-state index contributed by atoms with van der Waals surface area (Å²) in [7, 11) is 0. The van der Waals surface area contributed by atoms with Crippen LogP contribution >= 0.6 is 0 Å². The Kier molecular flexibility index (Phi) is 8.14. The standard InChI is InChI=1S/C28H36O10/c1-9-10-15-33-20(29)16-11-12-17(34-16)21(30)36-24-27(5,6)25(28(24,7)8)37-22(31)18-13-14-19(35-18)23(32)38-26(2,3)4/h11-14,24-25H,9-10,15H2,1-8H3. The molecule has 1 aliphatic carbocycles. The molecule has 0 bridgehead atoms. The van der Waals surface area contributed by atoms with Crippen LogP contribution in [0.2, 0.25) is 0 Å². The summed E-state index contributed by atoms with van der Waals surface area (Å²) in [5, 5.41) is 0. The van der Waals surface area contributed by atoms with Gasteiger partial charge >= 0.3 is 23.9 Å². The molecule has 1 aliphatic rings. The third-order valence-electron chi connectivity index (χ3n) is 6.30. The first-order chi connectivity index (χ1) is 17.6. The fourth-order valence-corrected chi connectivity index (χ4v) is 4.86. The van der Waals surface area contributed by atoms with Crippen molar-refractivity contribution < 1.29 is 47.0 Å². The minimum atomic E-state index is -0.760. The molecule has 0 N–H and O–H groups in total. The number of unbranched alkanes of at least 4 members (excludes halogenated alkanes) is 1. The van der Waals surface area contributed by atoms with Gasteiger partial charge in [-0.15, -0.1) is 0 Å². The second-order valence-electron chi connectivity index (χ2n) is 11.5. The van der Waals surface area contributed by atoms with Gasteiger partial charge in [0.2, 0.25) is 23.0 Å². The second kappa shape index (κ2) is 10.7. The minimum Gasteiger partial charge on any atom is -0.460 e. The normalized spacial score (nSPS) is 19.7. The van der Waals surface area contributed by atoms with Crippen molar-refractivity contribution >= 4 is 23.9 Å². The van der Waals surface area contributed by atoms with E-state index in [0.29, 0.717) is 0 Å². The monoisotopic (exact) mass is 532 g/mol. The third kappa shape index (κ3) is 6.11. The highest BCUT2D eigenvalue weighted by Crippen LogP contribution is 2.57. The zero-order chi connectivity index (χ0) is 28.5. The molecule has 0 amide bonds. The van der Waals surface area contributed by atoms with Gasteiger partial charge in [-0.3, -0.25) is 0 Å². The van der Waals surface area contributed by atoms with Crippen LogP contribution in [0.5, 0.6) is 0 Å². The largest absolute Gasteiger partial charge is 0.460 e. The maximum absolute atomic E-state index is 12.8. The van der Waals surface area contributed by atoms with E-state index in [1.807, 2.05) is 6.92 Å². The summed E-state index contributed by atoms with van der Waals surface area (Å²) < 4.78 is 32.6. The molecule has 38 heavy (non-hydrogen) atoms. The summed E-state index contributed by atoms with van der Waals surface area (Å²) in [6.45, 7) is 14.6. The van der Waals surface area contributed by atoms with E-state index in [-0.39, 0.29) is 29.6 Å². The molecule has 10 heteroatoms. The van der Waals surface area contributed by atoms with E-state index in [1.165, 1.54) is 24.3 Å². The summed E-state index contributed by atoms with van der Waals surface area (Å²) in [4.78, 5) is 49.9. The molecule has 2 heterocycles. The van der Waals surface area contributed by atoms with Crippen LogP contribution in [0.15, 0.2) is 33.1 Å². The third-order valence-corrected chi connectivity index (χ3v) is 6.30. The topological polar surface area (TPSA) is 131 Å². The van der Waals surface area contributed by atoms with Gasteiger partial charge in [-0.05, 0) is 51.5 Å². The van der Waals surface area contributed by atoms with Crippen molar-refractivity contribution in [3.05, 3.63) is 47.3 Å².